The van der Waals surface area contributed by atoms with Gasteiger partial charge in [0.1, 0.15) is 11.4 Å². The first kappa shape index (κ1) is 27.4. The quantitative estimate of drug-likeness (QED) is 0.518. The SMILES string of the molecule is CC(C)(C)OC(=O)N1CCC(CC[C@H]2CC[C@]3(C)C4CC[C@]5(C)C(=O)CCC5C4C(O)[C@H](CO)C3C2)C1. The Balaban J connectivity index is 1.22. The summed E-state index contributed by atoms with van der Waals surface area (Å²) in [5, 5.41) is 22.2. The number of rotatable bonds is 4. The Kier molecular flexibility index (Phi) is 7.26. The van der Waals surface area contributed by atoms with Gasteiger partial charge in [0, 0.05) is 37.5 Å². The Morgan fingerprint density at radius 1 is 1.03 bits per heavy atom. The summed E-state index contributed by atoms with van der Waals surface area (Å²) in [5.74, 6) is 2.69. The van der Waals surface area contributed by atoms with E-state index in [1.54, 1.807) is 0 Å². The van der Waals surface area contributed by atoms with Gasteiger partial charge in [0.2, 0.25) is 0 Å². The molecule has 1 heterocycles. The molecule has 1 aliphatic heterocycles. The van der Waals surface area contributed by atoms with Crippen molar-refractivity contribution in [1.82, 2.24) is 4.90 Å². The summed E-state index contributed by atoms with van der Waals surface area (Å²) in [5.41, 5.74) is -0.584. The average Bonchev–Trinajstić information content (AvgIpc) is 3.42. The molecule has 0 aromatic carbocycles. The number of ketones is 1. The van der Waals surface area contributed by atoms with Gasteiger partial charge in [-0.05, 0) is 113 Å². The van der Waals surface area contributed by atoms with Crippen molar-refractivity contribution in [2.45, 2.75) is 111 Å². The van der Waals surface area contributed by atoms with Crippen molar-refractivity contribution in [2.75, 3.05) is 19.7 Å². The zero-order valence-electron chi connectivity index (χ0n) is 23.9. The molecule has 2 N–H and O–H groups in total. The lowest BCUT2D eigenvalue weighted by atomic mass is 9.41. The van der Waals surface area contributed by atoms with Crippen LogP contribution in [0.5, 0.6) is 0 Å². The number of fused-ring (bicyclic) bond motifs is 5. The Morgan fingerprint density at radius 2 is 1.76 bits per heavy atom. The van der Waals surface area contributed by atoms with Gasteiger partial charge in [-0.2, -0.15) is 0 Å². The lowest BCUT2D eigenvalue weighted by Gasteiger charge is -2.64. The van der Waals surface area contributed by atoms with Crippen LogP contribution in [-0.4, -0.2) is 58.4 Å². The van der Waals surface area contributed by atoms with Crippen LogP contribution in [-0.2, 0) is 9.53 Å². The van der Waals surface area contributed by atoms with Crippen LogP contribution in [0.25, 0.3) is 0 Å². The smallest absolute Gasteiger partial charge is 0.410 e. The first-order chi connectivity index (χ1) is 17.4. The molecule has 4 aliphatic carbocycles. The van der Waals surface area contributed by atoms with Crippen molar-refractivity contribution in [2.24, 2.45) is 52.3 Å². The predicted octanol–water partition coefficient (Wildman–Crippen LogP) is 5.44. The van der Waals surface area contributed by atoms with Crippen LogP contribution in [0.2, 0.25) is 0 Å². The highest BCUT2D eigenvalue weighted by molar-refractivity contribution is 5.87. The summed E-state index contributed by atoms with van der Waals surface area (Å²) in [4.78, 5) is 27.1. The van der Waals surface area contributed by atoms with Gasteiger partial charge in [-0.1, -0.05) is 20.3 Å². The third kappa shape index (κ3) is 4.77. The highest BCUT2D eigenvalue weighted by atomic mass is 16.6. The summed E-state index contributed by atoms with van der Waals surface area (Å²) >= 11 is 0. The molecule has 6 nitrogen and oxygen atoms in total. The van der Waals surface area contributed by atoms with E-state index < -0.39 is 11.7 Å². The van der Waals surface area contributed by atoms with Gasteiger partial charge in [0.25, 0.3) is 0 Å². The van der Waals surface area contributed by atoms with Gasteiger partial charge in [-0.3, -0.25) is 4.79 Å². The minimum absolute atomic E-state index is 0.0439. The number of nitrogens with zero attached hydrogens (tertiary/aromatic N) is 1. The number of hydrogen-bond donors (Lipinski definition) is 2. The minimum Gasteiger partial charge on any atom is -0.444 e. The number of carbonyl (C=O) groups excluding carboxylic acids is 2. The van der Waals surface area contributed by atoms with Gasteiger partial charge >= 0.3 is 6.09 Å². The molecule has 0 radical (unpaired) electrons. The first-order valence-electron chi connectivity index (χ1n) is 15.2. The molecule has 0 bridgehead atoms. The van der Waals surface area contributed by atoms with E-state index in [1.165, 1.54) is 12.8 Å². The molecule has 37 heavy (non-hydrogen) atoms. The molecule has 0 aromatic heterocycles. The van der Waals surface area contributed by atoms with Crippen LogP contribution in [0, 0.1) is 52.3 Å². The molecule has 5 aliphatic rings. The molecule has 1 saturated heterocycles. The minimum atomic E-state index is -0.500. The number of hydrogen-bond acceptors (Lipinski definition) is 5. The molecule has 210 valence electrons. The second kappa shape index (κ2) is 9.80. The molecule has 4 saturated carbocycles. The number of ether oxygens (including phenoxy) is 1. The van der Waals surface area contributed by atoms with E-state index in [0.717, 1.165) is 58.0 Å². The van der Waals surface area contributed by atoms with Gasteiger partial charge in [0.05, 0.1) is 6.10 Å². The van der Waals surface area contributed by atoms with Crippen molar-refractivity contribution < 1.29 is 24.5 Å². The van der Waals surface area contributed by atoms with Crippen LogP contribution in [0.4, 0.5) is 4.79 Å². The van der Waals surface area contributed by atoms with Crippen LogP contribution < -0.4 is 0 Å². The molecule has 1 amide bonds. The zero-order valence-corrected chi connectivity index (χ0v) is 23.9. The number of likely N-dealkylation sites (tertiary alicyclic amines) is 1. The zero-order chi connectivity index (χ0) is 26.8. The van der Waals surface area contributed by atoms with E-state index in [-0.39, 0.29) is 41.3 Å². The topological polar surface area (TPSA) is 87.1 Å². The predicted molar refractivity (Wildman–Crippen MR) is 143 cm³/mol. The van der Waals surface area contributed by atoms with E-state index in [1.807, 2.05) is 25.7 Å². The number of aliphatic hydroxyl groups is 2. The lowest BCUT2D eigenvalue weighted by molar-refractivity contribution is -0.201. The Hall–Kier alpha value is -1.14. The third-order valence-corrected chi connectivity index (χ3v) is 11.9. The number of Topliss-reactive ketones (excluding diaryl/α,β-unsaturated/α-hetero) is 1. The maximum atomic E-state index is 12.8. The van der Waals surface area contributed by atoms with Gasteiger partial charge in [-0.25, -0.2) is 4.79 Å². The van der Waals surface area contributed by atoms with Crippen LogP contribution in [0.1, 0.15) is 98.8 Å². The summed E-state index contributed by atoms with van der Waals surface area (Å²) in [6.07, 6.45) is 9.71. The number of amides is 1. The van der Waals surface area contributed by atoms with E-state index in [2.05, 4.69) is 13.8 Å². The highest BCUT2D eigenvalue weighted by Crippen LogP contribution is 2.67. The summed E-state index contributed by atoms with van der Waals surface area (Å²) in [6, 6.07) is 0. The van der Waals surface area contributed by atoms with Crippen molar-refractivity contribution in [3.05, 3.63) is 0 Å². The highest BCUT2D eigenvalue weighted by Gasteiger charge is 2.64. The Morgan fingerprint density at radius 3 is 2.46 bits per heavy atom. The molecular weight excluding hydrogens is 466 g/mol. The molecule has 5 fully saturated rings. The van der Waals surface area contributed by atoms with Crippen LogP contribution in [0.15, 0.2) is 0 Å². The second-order valence-corrected chi connectivity index (χ2v) is 15.0. The molecular formula is C31H51NO5. The summed E-state index contributed by atoms with van der Waals surface area (Å²) in [7, 11) is 0. The standard InChI is InChI=1S/C31H51NO5/c1-29(2,3)37-28(36)32-15-12-20(17-32)7-6-19-10-13-30(4)23-11-14-31(5)22(8-9-25(31)34)26(23)27(35)21(18-33)24(30)16-19/h19-24,26-27,33,35H,6-18H2,1-5H3/t19-,20?,21+,22?,23?,24?,26?,27?,30+,31-/m0/s1. The van der Waals surface area contributed by atoms with Crippen molar-refractivity contribution >= 4 is 11.9 Å². The molecule has 0 spiro atoms. The van der Waals surface area contributed by atoms with E-state index in [9.17, 15) is 19.8 Å². The maximum Gasteiger partial charge on any atom is 0.410 e. The fourth-order valence-electron chi connectivity index (χ4n) is 9.84. The Labute approximate surface area is 223 Å². The normalized spacial score (nSPS) is 45.8. The van der Waals surface area contributed by atoms with E-state index in [4.69, 9.17) is 4.74 Å². The van der Waals surface area contributed by atoms with Crippen molar-refractivity contribution in [3.63, 3.8) is 0 Å². The van der Waals surface area contributed by atoms with Crippen LogP contribution >= 0.6 is 0 Å². The van der Waals surface area contributed by atoms with Crippen molar-refractivity contribution in [1.29, 1.82) is 0 Å². The van der Waals surface area contributed by atoms with E-state index in [0.29, 0.717) is 35.9 Å². The first-order valence-corrected chi connectivity index (χ1v) is 15.2. The number of aliphatic hydroxyl groups excluding tert-OH is 2. The maximum absolute atomic E-state index is 12.8. The molecule has 5 rings (SSSR count). The fourth-order valence-corrected chi connectivity index (χ4v) is 9.84. The lowest BCUT2D eigenvalue weighted by Crippen LogP contribution is -2.62. The Bertz CT molecular complexity index is 883. The molecule has 6 heteroatoms. The van der Waals surface area contributed by atoms with Crippen LogP contribution in [0.3, 0.4) is 0 Å². The van der Waals surface area contributed by atoms with Crippen molar-refractivity contribution in [3.8, 4) is 0 Å². The molecule has 0 aromatic rings. The monoisotopic (exact) mass is 517 g/mol. The molecule has 10 atom stereocenters. The summed E-state index contributed by atoms with van der Waals surface area (Å²) in [6.45, 7) is 12.0. The third-order valence-electron chi connectivity index (χ3n) is 11.9. The second-order valence-electron chi connectivity index (χ2n) is 15.0. The largest absolute Gasteiger partial charge is 0.444 e. The molecule has 6 unspecified atom stereocenters. The van der Waals surface area contributed by atoms with Gasteiger partial charge < -0.3 is 19.8 Å². The summed E-state index contributed by atoms with van der Waals surface area (Å²) < 4.78 is 5.57. The van der Waals surface area contributed by atoms with Gasteiger partial charge in [0.15, 0.2) is 0 Å². The number of carbonyl (C=O) groups is 2. The fraction of sp³-hybridized carbons (Fsp3) is 0.935. The van der Waals surface area contributed by atoms with Gasteiger partial charge in [-0.15, -0.1) is 0 Å². The average molecular weight is 518 g/mol. The van der Waals surface area contributed by atoms with E-state index >= 15 is 0 Å².